The van der Waals surface area contributed by atoms with Gasteiger partial charge in [0, 0.05) is 10.9 Å². The van der Waals surface area contributed by atoms with Crippen LogP contribution in [0.3, 0.4) is 0 Å². The molecular formula is C5H5NO3S2. The Balaban J connectivity index is 3.07. The Bertz CT molecular complexity index is 351. The fourth-order valence-electron chi connectivity index (χ4n) is 0.545. The minimum atomic E-state index is -4.06. The molecule has 0 unspecified atom stereocenters. The van der Waals surface area contributed by atoms with Gasteiger partial charge in [0.25, 0.3) is 15.1 Å². The zero-order chi connectivity index (χ0) is 8.48. The van der Waals surface area contributed by atoms with Crippen molar-refractivity contribution in [3.05, 3.63) is 22.4 Å². The van der Waals surface area contributed by atoms with Gasteiger partial charge in [0.1, 0.15) is 0 Å². The average Bonchev–Trinajstić information content (AvgIpc) is 2.34. The molecule has 0 atom stereocenters. The number of rotatable bonds is 1. The third kappa shape index (κ3) is 1.86. The van der Waals surface area contributed by atoms with Crippen molar-refractivity contribution >= 4 is 26.5 Å². The quantitative estimate of drug-likeness (QED) is 0.687. The van der Waals surface area contributed by atoms with Gasteiger partial charge in [0.15, 0.2) is 0 Å². The third-order valence-electron chi connectivity index (χ3n) is 1.02. The van der Waals surface area contributed by atoms with E-state index in [0.29, 0.717) is 0 Å². The summed E-state index contributed by atoms with van der Waals surface area (Å²) < 4.78 is 20.9. The van der Waals surface area contributed by atoms with Gasteiger partial charge in [-0.2, -0.15) is 11.3 Å². The standard InChI is InChI=1S/C5H5NO3S2/c6-11(8,9)5(7)4-1-2-10-3-4/h1-3H,(H2,6,8,9). The fourth-order valence-corrected chi connectivity index (χ4v) is 1.71. The maximum absolute atomic E-state index is 10.8. The number of hydrogen-bond donors (Lipinski definition) is 1. The van der Waals surface area contributed by atoms with Crippen molar-refractivity contribution in [2.75, 3.05) is 0 Å². The first-order valence-electron chi connectivity index (χ1n) is 2.61. The van der Waals surface area contributed by atoms with Crippen LogP contribution in [0.15, 0.2) is 16.8 Å². The van der Waals surface area contributed by atoms with Crippen LogP contribution in [0.4, 0.5) is 0 Å². The highest BCUT2D eigenvalue weighted by atomic mass is 32.2. The van der Waals surface area contributed by atoms with E-state index in [0.717, 1.165) is 0 Å². The molecule has 0 fully saturated rings. The van der Waals surface area contributed by atoms with Crippen LogP contribution in [0, 0.1) is 0 Å². The molecule has 1 aromatic rings. The Morgan fingerprint density at radius 1 is 1.55 bits per heavy atom. The topological polar surface area (TPSA) is 77.2 Å². The van der Waals surface area contributed by atoms with Crippen molar-refractivity contribution in [1.82, 2.24) is 0 Å². The summed E-state index contributed by atoms with van der Waals surface area (Å²) in [5, 5.41) is 6.62. The number of primary sulfonamides is 1. The van der Waals surface area contributed by atoms with E-state index in [4.69, 9.17) is 0 Å². The molecule has 0 amide bonds. The number of carbonyl (C=O) groups is 1. The molecule has 0 aliphatic carbocycles. The lowest BCUT2D eigenvalue weighted by Crippen LogP contribution is -2.22. The number of thiophene rings is 1. The zero-order valence-corrected chi connectivity index (χ0v) is 6.98. The molecule has 1 rings (SSSR count). The molecule has 0 aromatic carbocycles. The Kier molecular flexibility index (Phi) is 2.08. The lowest BCUT2D eigenvalue weighted by Gasteiger charge is -1.90. The minimum absolute atomic E-state index is 0.123. The Morgan fingerprint density at radius 3 is 2.55 bits per heavy atom. The van der Waals surface area contributed by atoms with Gasteiger partial charge in [-0.1, -0.05) is 0 Å². The number of carbonyl (C=O) groups excluding carboxylic acids is 1. The first-order valence-corrected chi connectivity index (χ1v) is 5.10. The predicted octanol–water partition coefficient (Wildman–Crippen LogP) is 0.177. The second-order valence-corrected chi connectivity index (χ2v) is 4.09. The van der Waals surface area contributed by atoms with Crippen molar-refractivity contribution in [3.63, 3.8) is 0 Å². The van der Waals surface area contributed by atoms with Gasteiger partial charge in [-0.3, -0.25) is 4.79 Å². The molecule has 0 spiro atoms. The molecule has 4 nitrogen and oxygen atoms in total. The highest BCUT2D eigenvalue weighted by molar-refractivity contribution is 8.04. The van der Waals surface area contributed by atoms with Gasteiger partial charge in [0.05, 0.1) is 0 Å². The first kappa shape index (κ1) is 8.38. The molecule has 0 radical (unpaired) electrons. The molecule has 0 aliphatic rings. The van der Waals surface area contributed by atoms with E-state index >= 15 is 0 Å². The molecule has 0 aliphatic heterocycles. The van der Waals surface area contributed by atoms with Gasteiger partial charge in [-0.25, -0.2) is 13.6 Å². The molecule has 0 saturated carbocycles. The molecule has 2 N–H and O–H groups in total. The van der Waals surface area contributed by atoms with E-state index < -0.39 is 15.1 Å². The largest absolute Gasteiger partial charge is 0.292 e. The number of nitrogens with two attached hydrogens (primary N) is 1. The molecule has 0 bridgehead atoms. The Labute approximate surface area is 67.7 Å². The van der Waals surface area contributed by atoms with Gasteiger partial charge in [0.2, 0.25) is 0 Å². The molecule has 1 aromatic heterocycles. The van der Waals surface area contributed by atoms with E-state index in [2.05, 4.69) is 5.14 Å². The molecule has 60 valence electrons. The van der Waals surface area contributed by atoms with Crippen LogP contribution in [0.25, 0.3) is 0 Å². The molecule has 6 heteroatoms. The summed E-state index contributed by atoms with van der Waals surface area (Å²) in [7, 11) is -4.06. The molecule has 0 saturated heterocycles. The smallest absolute Gasteiger partial charge is 0.274 e. The highest BCUT2D eigenvalue weighted by Gasteiger charge is 2.18. The van der Waals surface area contributed by atoms with E-state index in [-0.39, 0.29) is 5.56 Å². The lowest BCUT2D eigenvalue weighted by molar-refractivity contribution is 0.107. The summed E-state index contributed by atoms with van der Waals surface area (Å²) in [4.78, 5) is 10.8. The highest BCUT2D eigenvalue weighted by Crippen LogP contribution is 2.08. The Hall–Kier alpha value is -0.720. The number of sulfonamides is 1. The van der Waals surface area contributed by atoms with Crippen molar-refractivity contribution in [1.29, 1.82) is 0 Å². The van der Waals surface area contributed by atoms with Crippen molar-refractivity contribution in [2.24, 2.45) is 5.14 Å². The van der Waals surface area contributed by atoms with Gasteiger partial charge < -0.3 is 0 Å². The van der Waals surface area contributed by atoms with E-state index in [1.807, 2.05) is 0 Å². The fraction of sp³-hybridized carbons (Fsp3) is 0. The summed E-state index contributed by atoms with van der Waals surface area (Å²) in [5.41, 5.74) is 0.123. The van der Waals surface area contributed by atoms with Gasteiger partial charge >= 0.3 is 0 Å². The summed E-state index contributed by atoms with van der Waals surface area (Å²) >= 11 is 1.24. The summed E-state index contributed by atoms with van der Waals surface area (Å²) in [6, 6.07) is 1.41. The first-order chi connectivity index (χ1) is 5.02. The Morgan fingerprint density at radius 2 is 2.18 bits per heavy atom. The van der Waals surface area contributed by atoms with Crippen LogP contribution in [-0.4, -0.2) is 13.5 Å². The summed E-state index contributed by atoms with van der Waals surface area (Å²) in [6.07, 6.45) is 0. The molecule has 1 heterocycles. The van der Waals surface area contributed by atoms with Crippen molar-refractivity contribution < 1.29 is 13.2 Å². The van der Waals surface area contributed by atoms with Crippen molar-refractivity contribution in [2.45, 2.75) is 0 Å². The van der Waals surface area contributed by atoms with Crippen LogP contribution >= 0.6 is 11.3 Å². The van der Waals surface area contributed by atoms with Crippen LogP contribution < -0.4 is 5.14 Å². The second-order valence-electron chi connectivity index (χ2n) is 1.84. The van der Waals surface area contributed by atoms with Crippen LogP contribution in [0.5, 0.6) is 0 Å². The van der Waals surface area contributed by atoms with Crippen molar-refractivity contribution in [3.8, 4) is 0 Å². The number of hydrogen-bond acceptors (Lipinski definition) is 4. The van der Waals surface area contributed by atoms with E-state index in [9.17, 15) is 13.2 Å². The average molecular weight is 191 g/mol. The summed E-state index contributed by atoms with van der Waals surface area (Å²) in [6.45, 7) is 0. The second kappa shape index (κ2) is 2.72. The van der Waals surface area contributed by atoms with E-state index in [1.165, 1.54) is 22.8 Å². The lowest BCUT2D eigenvalue weighted by atomic mass is 10.4. The van der Waals surface area contributed by atoms with E-state index in [1.54, 1.807) is 5.38 Å². The zero-order valence-electron chi connectivity index (χ0n) is 5.35. The monoisotopic (exact) mass is 191 g/mol. The molecular weight excluding hydrogens is 186 g/mol. The normalized spacial score (nSPS) is 11.4. The van der Waals surface area contributed by atoms with Crippen LogP contribution in [-0.2, 0) is 10.0 Å². The minimum Gasteiger partial charge on any atom is -0.274 e. The summed E-state index contributed by atoms with van der Waals surface area (Å²) in [5.74, 6) is 0. The third-order valence-corrected chi connectivity index (χ3v) is 2.45. The predicted molar refractivity (Wildman–Crippen MR) is 41.8 cm³/mol. The molecule has 11 heavy (non-hydrogen) atoms. The maximum atomic E-state index is 10.8. The SMILES string of the molecule is NS(=O)(=O)C(=O)c1ccsc1. The van der Waals surface area contributed by atoms with Gasteiger partial charge in [-0.05, 0) is 11.4 Å². The van der Waals surface area contributed by atoms with Crippen LogP contribution in [0.1, 0.15) is 10.4 Å². The maximum Gasteiger partial charge on any atom is 0.292 e. The van der Waals surface area contributed by atoms with Crippen LogP contribution in [0.2, 0.25) is 0 Å². The van der Waals surface area contributed by atoms with Gasteiger partial charge in [-0.15, -0.1) is 0 Å².